The van der Waals surface area contributed by atoms with Crippen LogP contribution in [0.25, 0.3) is 0 Å². The molecule has 2 saturated heterocycles. The maximum atomic E-state index is 12.9. The fourth-order valence-corrected chi connectivity index (χ4v) is 4.86. The number of rotatable bonds is 1. The van der Waals surface area contributed by atoms with Gasteiger partial charge in [-0.3, -0.25) is 4.79 Å². The van der Waals surface area contributed by atoms with Crippen molar-refractivity contribution in [3.63, 3.8) is 0 Å². The molecule has 1 N–H and O–H groups in total. The highest BCUT2D eigenvalue weighted by atomic mass is 16.3. The van der Waals surface area contributed by atoms with Crippen molar-refractivity contribution < 1.29 is 9.21 Å². The molecule has 114 valence electrons. The molecule has 5 heteroatoms. The van der Waals surface area contributed by atoms with Gasteiger partial charge in [0.05, 0.1) is 5.69 Å². The fraction of sp³-hybridized carbons (Fsp3) is 0.750. The van der Waals surface area contributed by atoms with E-state index in [4.69, 9.17) is 4.42 Å². The van der Waals surface area contributed by atoms with Crippen LogP contribution in [-0.4, -0.2) is 40.5 Å². The van der Waals surface area contributed by atoms with E-state index in [0.29, 0.717) is 29.6 Å². The second-order valence-electron chi connectivity index (χ2n) is 7.15. The Morgan fingerprint density at radius 3 is 3.05 bits per heavy atom. The summed E-state index contributed by atoms with van der Waals surface area (Å²) in [4.78, 5) is 19.1. The molecule has 0 unspecified atom stereocenters. The number of hydrogen-bond acceptors (Lipinski definition) is 4. The molecule has 1 amide bonds. The monoisotopic (exact) mass is 289 g/mol. The van der Waals surface area contributed by atoms with Gasteiger partial charge in [-0.05, 0) is 26.2 Å². The quantitative estimate of drug-likeness (QED) is 0.860. The van der Waals surface area contributed by atoms with Gasteiger partial charge in [-0.25, -0.2) is 4.98 Å². The van der Waals surface area contributed by atoms with E-state index < -0.39 is 0 Å². The number of likely N-dealkylation sites (tertiary alicyclic amines) is 1. The minimum Gasteiger partial charge on any atom is -0.438 e. The average molecular weight is 289 g/mol. The molecule has 2 aliphatic heterocycles. The van der Waals surface area contributed by atoms with Crippen LogP contribution < -0.4 is 5.32 Å². The SMILES string of the molecule is Cc1ncoc1C(=O)N1C[C@@H]2C[C@@]3(C)[C@H](CCCC[C@@H]13)N2. The van der Waals surface area contributed by atoms with Crippen LogP contribution in [0.4, 0.5) is 0 Å². The third kappa shape index (κ3) is 1.86. The predicted octanol–water partition coefficient (Wildman–Crippen LogP) is 2.12. The standard InChI is InChI=1S/C16H23N3O2/c1-10-14(21-9-17-10)15(20)19-8-11-7-16(2)12(18-11)5-3-4-6-13(16)19/h9,11-13,18H,3-8H2,1-2H3/t11-,12-,13+,16-/m0/s1. The molecule has 21 heavy (non-hydrogen) atoms. The number of piperidine rings is 1. The lowest BCUT2D eigenvalue weighted by Crippen LogP contribution is -2.55. The van der Waals surface area contributed by atoms with Crippen LogP contribution in [0.2, 0.25) is 0 Å². The van der Waals surface area contributed by atoms with E-state index in [1.54, 1.807) is 0 Å². The van der Waals surface area contributed by atoms with Crippen LogP contribution in [-0.2, 0) is 0 Å². The Morgan fingerprint density at radius 1 is 1.48 bits per heavy atom. The molecule has 3 fully saturated rings. The van der Waals surface area contributed by atoms with Gasteiger partial charge in [-0.15, -0.1) is 0 Å². The Balaban J connectivity index is 1.70. The summed E-state index contributed by atoms with van der Waals surface area (Å²) in [6.07, 6.45) is 7.40. The number of aromatic nitrogens is 1. The number of carbonyl (C=O) groups excluding carboxylic acids is 1. The van der Waals surface area contributed by atoms with Crippen molar-refractivity contribution in [3.8, 4) is 0 Å². The summed E-state index contributed by atoms with van der Waals surface area (Å²) < 4.78 is 5.35. The molecule has 0 radical (unpaired) electrons. The first kappa shape index (κ1) is 13.3. The lowest BCUT2D eigenvalue weighted by atomic mass is 9.71. The molecule has 2 bridgehead atoms. The minimum absolute atomic E-state index is 0.0234. The highest BCUT2D eigenvalue weighted by molar-refractivity contribution is 5.92. The first-order valence-electron chi connectivity index (χ1n) is 8.07. The second kappa shape index (κ2) is 4.57. The van der Waals surface area contributed by atoms with Gasteiger partial charge in [0, 0.05) is 30.1 Å². The lowest BCUT2D eigenvalue weighted by Gasteiger charge is -2.46. The van der Waals surface area contributed by atoms with E-state index in [9.17, 15) is 4.79 Å². The minimum atomic E-state index is 0.0234. The molecular weight excluding hydrogens is 266 g/mol. The van der Waals surface area contributed by atoms with Gasteiger partial charge < -0.3 is 14.6 Å². The number of hydrogen-bond donors (Lipinski definition) is 1. The van der Waals surface area contributed by atoms with Crippen molar-refractivity contribution in [2.24, 2.45) is 5.41 Å². The first-order chi connectivity index (χ1) is 10.1. The molecule has 0 spiro atoms. The summed E-state index contributed by atoms with van der Waals surface area (Å²) in [5, 5.41) is 3.77. The van der Waals surface area contributed by atoms with Crippen molar-refractivity contribution in [1.29, 1.82) is 0 Å². The van der Waals surface area contributed by atoms with Crippen molar-refractivity contribution in [2.45, 2.75) is 64.1 Å². The van der Waals surface area contributed by atoms with E-state index in [-0.39, 0.29) is 11.3 Å². The van der Waals surface area contributed by atoms with E-state index in [1.165, 1.54) is 32.1 Å². The number of amides is 1. The summed E-state index contributed by atoms with van der Waals surface area (Å²) in [7, 11) is 0. The summed E-state index contributed by atoms with van der Waals surface area (Å²) in [6, 6.07) is 1.32. The van der Waals surface area contributed by atoms with Gasteiger partial charge >= 0.3 is 0 Å². The molecule has 4 rings (SSSR count). The van der Waals surface area contributed by atoms with Crippen LogP contribution in [0, 0.1) is 12.3 Å². The van der Waals surface area contributed by atoms with E-state index in [0.717, 1.165) is 13.0 Å². The van der Waals surface area contributed by atoms with Crippen LogP contribution >= 0.6 is 0 Å². The molecule has 5 nitrogen and oxygen atoms in total. The zero-order chi connectivity index (χ0) is 14.6. The Morgan fingerprint density at radius 2 is 2.29 bits per heavy atom. The highest BCUT2D eigenvalue weighted by Crippen LogP contribution is 2.49. The lowest BCUT2D eigenvalue weighted by molar-refractivity contribution is 0.0257. The number of aryl methyl sites for hydroxylation is 1. The van der Waals surface area contributed by atoms with Crippen molar-refractivity contribution in [1.82, 2.24) is 15.2 Å². The molecule has 0 aromatic carbocycles. The maximum absolute atomic E-state index is 12.9. The number of nitrogens with zero attached hydrogens (tertiary/aromatic N) is 2. The van der Waals surface area contributed by atoms with Gasteiger partial charge in [-0.1, -0.05) is 19.8 Å². The summed E-state index contributed by atoms with van der Waals surface area (Å²) >= 11 is 0. The fourth-order valence-electron chi connectivity index (χ4n) is 4.86. The molecule has 3 heterocycles. The number of carbonyl (C=O) groups is 1. The number of fused-ring (bicyclic) bond motifs is 1. The van der Waals surface area contributed by atoms with E-state index in [2.05, 4.69) is 22.1 Å². The van der Waals surface area contributed by atoms with Gasteiger partial charge in [-0.2, -0.15) is 0 Å². The maximum Gasteiger partial charge on any atom is 0.291 e. The Kier molecular flexibility index (Phi) is 2.89. The van der Waals surface area contributed by atoms with Gasteiger partial charge in [0.1, 0.15) is 0 Å². The average Bonchev–Trinajstić information content (AvgIpc) is 2.95. The van der Waals surface area contributed by atoms with Crippen LogP contribution in [0.15, 0.2) is 10.8 Å². The van der Waals surface area contributed by atoms with Crippen LogP contribution in [0.3, 0.4) is 0 Å². The van der Waals surface area contributed by atoms with Crippen molar-refractivity contribution in [2.75, 3.05) is 6.54 Å². The van der Waals surface area contributed by atoms with Crippen LogP contribution in [0.5, 0.6) is 0 Å². The van der Waals surface area contributed by atoms with Crippen molar-refractivity contribution >= 4 is 5.91 Å². The van der Waals surface area contributed by atoms with Crippen molar-refractivity contribution in [3.05, 3.63) is 17.8 Å². The Labute approximate surface area is 125 Å². The molecule has 1 aliphatic carbocycles. The Bertz CT molecular complexity index is 570. The molecular formula is C16H23N3O2. The highest BCUT2D eigenvalue weighted by Gasteiger charge is 2.56. The molecule has 1 aromatic heterocycles. The summed E-state index contributed by atoms with van der Waals surface area (Å²) in [5.41, 5.74) is 0.907. The third-order valence-electron chi connectivity index (χ3n) is 5.89. The number of oxazole rings is 1. The van der Waals surface area contributed by atoms with E-state index >= 15 is 0 Å². The summed E-state index contributed by atoms with van der Waals surface area (Å²) in [6.45, 7) is 5.01. The van der Waals surface area contributed by atoms with Gasteiger partial charge in [0.15, 0.2) is 6.39 Å². The largest absolute Gasteiger partial charge is 0.438 e. The van der Waals surface area contributed by atoms with Gasteiger partial charge in [0.25, 0.3) is 5.91 Å². The molecule has 4 atom stereocenters. The van der Waals surface area contributed by atoms with E-state index in [1.807, 2.05) is 6.92 Å². The zero-order valence-corrected chi connectivity index (χ0v) is 12.8. The topological polar surface area (TPSA) is 58.4 Å². The number of nitrogens with one attached hydrogen (secondary N) is 1. The molecule has 3 aliphatic rings. The summed E-state index contributed by atoms with van der Waals surface area (Å²) in [5.74, 6) is 0.441. The van der Waals surface area contributed by atoms with Crippen LogP contribution in [0.1, 0.15) is 55.3 Å². The first-order valence-corrected chi connectivity index (χ1v) is 8.07. The second-order valence-corrected chi connectivity index (χ2v) is 7.15. The smallest absolute Gasteiger partial charge is 0.291 e. The van der Waals surface area contributed by atoms with Gasteiger partial charge in [0.2, 0.25) is 5.76 Å². The molecule has 1 aromatic rings. The normalized spacial score (nSPS) is 38.4. The predicted molar refractivity (Wildman–Crippen MR) is 78.0 cm³/mol. The third-order valence-corrected chi connectivity index (χ3v) is 5.89. The molecule has 1 saturated carbocycles. The zero-order valence-electron chi connectivity index (χ0n) is 12.8. The Hall–Kier alpha value is -1.36.